The van der Waals surface area contributed by atoms with E-state index in [4.69, 9.17) is 10.5 Å². The molecule has 78 valence electrons. The van der Waals surface area contributed by atoms with Crippen molar-refractivity contribution >= 4 is 5.97 Å². The van der Waals surface area contributed by atoms with E-state index in [2.05, 4.69) is 0 Å². The van der Waals surface area contributed by atoms with Crippen LogP contribution in [-0.4, -0.2) is 25.3 Å². The van der Waals surface area contributed by atoms with Gasteiger partial charge in [0.1, 0.15) is 6.04 Å². The largest absolute Gasteiger partial charge is 0.465 e. The van der Waals surface area contributed by atoms with Crippen LogP contribution in [0.5, 0.6) is 0 Å². The molecule has 2 N–H and O–H groups in total. The molecule has 0 fully saturated rings. The number of esters is 1. The molecule has 4 heteroatoms. The summed E-state index contributed by atoms with van der Waals surface area (Å²) in [5.74, 6) is -0.359. The number of carbonyl (C=O) groups excluding carboxylic acids is 1. The Morgan fingerprint density at radius 3 is 2.69 bits per heavy atom. The van der Waals surface area contributed by atoms with Crippen LogP contribution in [0.2, 0.25) is 0 Å². The maximum Gasteiger partial charge on any atom is 0.322 e. The molecule has 0 amide bonds. The summed E-state index contributed by atoms with van der Waals surface area (Å²) in [4.78, 5) is 11.0. The monoisotopic (exact) mass is 191 g/mol. The minimum atomic E-state index is -0.542. The normalized spacial score (nSPS) is 12.5. The van der Waals surface area contributed by atoms with Gasteiger partial charge in [-0.1, -0.05) is 12.8 Å². The summed E-state index contributed by atoms with van der Waals surface area (Å²) < 4.78 is 16.4. The van der Waals surface area contributed by atoms with Crippen molar-refractivity contribution in [2.75, 3.05) is 13.3 Å². The number of hydrogen-bond donors (Lipinski definition) is 1. The SMILES string of the molecule is CCOC(=O)C(N)CCCCCF. The molecule has 0 rings (SSSR count). The quantitative estimate of drug-likeness (QED) is 0.489. The van der Waals surface area contributed by atoms with Gasteiger partial charge in [-0.25, -0.2) is 0 Å². The van der Waals surface area contributed by atoms with Crippen LogP contribution in [0, 0.1) is 0 Å². The van der Waals surface area contributed by atoms with Crippen molar-refractivity contribution in [2.24, 2.45) is 5.73 Å². The fourth-order valence-corrected chi connectivity index (χ4v) is 1.00. The Hall–Kier alpha value is -0.640. The van der Waals surface area contributed by atoms with Gasteiger partial charge in [-0.05, 0) is 19.8 Å². The molecule has 0 saturated carbocycles. The minimum absolute atomic E-state index is 0.297. The van der Waals surface area contributed by atoms with Crippen LogP contribution in [0.15, 0.2) is 0 Å². The van der Waals surface area contributed by atoms with E-state index < -0.39 is 6.04 Å². The van der Waals surface area contributed by atoms with Gasteiger partial charge in [0.25, 0.3) is 0 Å². The lowest BCUT2D eigenvalue weighted by Gasteiger charge is -2.09. The lowest BCUT2D eigenvalue weighted by Crippen LogP contribution is -2.32. The van der Waals surface area contributed by atoms with Crippen molar-refractivity contribution in [3.05, 3.63) is 0 Å². The molecule has 0 aromatic carbocycles. The molecule has 0 aromatic rings. The lowest BCUT2D eigenvalue weighted by molar-refractivity contribution is -0.144. The molecule has 3 nitrogen and oxygen atoms in total. The first-order valence-corrected chi connectivity index (χ1v) is 4.70. The van der Waals surface area contributed by atoms with Crippen molar-refractivity contribution in [1.29, 1.82) is 0 Å². The standard InChI is InChI=1S/C9H18FNO2/c1-2-13-9(12)8(11)6-4-3-5-7-10/h8H,2-7,11H2,1H3. The van der Waals surface area contributed by atoms with E-state index in [-0.39, 0.29) is 12.6 Å². The molecule has 0 spiro atoms. The van der Waals surface area contributed by atoms with Crippen molar-refractivity contribution < 1.29 is 13.9 Å². The first-order valence-electron chi connectivity index (χ1n) is 4.70. The number of carbonyl (C=O) groups is 1. The molecule has 0 saturated heterocycles. The highest BCUT2D eigenvalue weighted by atomic mass is 19.1. The Bertz CT molecular complexity index is 142. The first-order chi connectivity index (χ1) is 6.22. The second-order valence-electron chi connectivity index (χ2n) is 2.90. The third-order valence-electron chi connectivity index (χ3n) is 1.74. The average molecular weight is 191 g/mol. The average Bonchev–Trinajstić information content (AvgIpc) is 2.12. The summed E-state index contributed by atoms with van der Waals surface area (Å²) in [6.45, 7) is 1.80. The Kier molecular flexibility index (Phi) is 7.59. The van der Waals surface area contributed by atoms with E-state index in [1.807, 2.05) is 0 Å². The minimum Gasteiger partial charge on any atom is -0.465 e. The highest BCUT2D eigenvalue weighted by Gasteiger charge is 2.13. The van der Waals surface area contributed by atoms with Crippen LogP contribution in [0.3, 0.4) is 0 Å². The van der Waals surface area contributed by atoms with Crippen LogP contribution in [0.1, 0.15) is 32.6 Å². The van der Waals surface area contributed by atoms with Gasteiger partial charge in [-0.2, -0.15) is 0 Å². The molecule has 0 aliphatic carbocycles. The molecule has 13 heavy (non-hydrogen) atoms. The number of ether oxygens (including phenoxy) is 1. The lowest BCUT2D eigenvalue weighted by atomic mass is 10.1. The summed E-state index contributed by atoms with van der Waals surface area (Å²) in [7, 11) is 0. The van der Waals surface area contributed by atoms with Crippen LogP contribution >= 0.6 is 0 Å². The van der Waals surface area contributed by atoms with E-state index in [1.54, 1.807) is 6.92 Å². The number of hydrogen-bond acceptors (Lipinski definition) is 3. The number of halogens is 1. The second-order valence-corrected chi connectivity index (χ2v) is 2.90. The third-order valence-corrected chi connectivity index (χ3v) is 1.74. The smallest absolute Gasteiger partial charge is 0.322 e. The number of unbranched alkanes of at least 4 members (excludes halogenated alkanes) is 2. The van der Waals surface area contributed by atoms with Gasteiger partial charge in [0.15, 0.2) is 0 Å². The fourth-order valence-electron chi connectivity index (χ4n) is 1.00. The zero-order valence-electron chi connectivity index (χ0n) is 8.09. The van der Waals surface area contributed by atoms with Gasteiger partial charge in [-0.15, -0.1) is 0 Å². The predicted octanol–water partition coefficient (Wildman–Crippen LogP) is 1.41. The van der Waals surface area contributed by atoms with E-state index in [9.17, 15) is 9.18 Å². The van der Waals surface area contributed by atoms with Crippen LogP contribution in [0.25, 0.3) is 0 Å². The predicted molar refractivity (Wildman–Crippen MR) is 49.1 cm³/mol. The van der Waals surface area contributed by atoms with E-state index in [1.165, 1.54) is 0 Å². The van der Waals surface area contributed by atoms with Gasteiger partial charge in [-0.3, -0.25) is 9.18 Å². The Labute approximate surface area is 78.4 Å². The molecule has 0 aromatic heterocycles. The van der Waals surface area contributed by atoms with Crippen molar-refractivity contribution in [3.8, 4) is 0 Å². The van der Waals surface area contributed by atoms with Gasteiger partial charge in [0.05, 0.1) is 13.3 Å². The van der Waals surface area contributed by atoms with E-state index in [0.29, 0.717) is 19.4 Å². The van der Waals surface area contributed by atoms with Crippen LogP contribution in [-0.2, 0) is 9.53 Å². The van der Waals surface area contributed by atoms with Gasteiger partial charge in [0, 0.05) is 0 Å². The first kappa shape index (κ1) is 12.4. The number of rotatable bonds is 7. The zero-order chi connectivity index (χ0) is 10.1. The number of alkyl halides is 1. The Morgan fingerprint density at radius 1 is 1.46 bits per heavy atom. The highest BCUT2D eigenvalue weighted by Crippen LogP contribution is 2.03. The van der Waals surface area contributed by atoms with Gasteiger partial charge in [0.2, 0.25) is 0 Å². The molecular formula is C9H18FNO2. The molecular weight excluding hydrogens is 173 g/mol. The second kappa shape index (κ2) is 7.98. The van der Waals surface area contributed by atoms with Crippen LogP contribution in [0.4, 0.5) is 4.39 Å². The molecule has 0 aliphatic rings. The molecule has 0 radical (unpaired) electrons. The third kappa shape index (κ3) is 6.51. The summed E-state index contributed by atoms with van der Waals surface area (Å²) in [6, 6.07) is -0.542. The summed E-state index contributed by atoms with van der Waals surface area (Å²) >= 11 is 0. The maximum absolute atomic E-state index is 11.7. The maximum atomic E-state index is 11.7. The van der Waals surface area contributed by atoms with Crippen molar-refractivity contribution in [3.63, 3.8) is 0 Å². The fraction of sp³-hybridized carbons (Fsp3) is 0.889. The highest BCUT2D eigenvalue weighted by molar-refractivity contribution is 5.75. The van der Waals surface area contributed by atoms with Crippen molar-refractivity contribution in [2.45, 2.75) is 38.6 Å². The summed E-state index contributed by atoms with van der Waals surface area (Å²) in [5, 5.41) is 0. The molecule has 0 heterocycles. The topological polar surface area (TPSA) is 52.3 Å². The number of nitrogens with two attached hydrogens (primary N) is 1. The molecule has 1 unspecified atom stereocenters. The van der Waals surface area contributed by atoms with E-state index in [0.717, 1.165) is 12.8 Å². The molecule has 0 aliphatic heterocycles. The zero-order valence-corrected chi connectivity index (χ0v) is 8.09. The summed E-state index contributed by atoms with van der Waals surface area (Å²) in [5.41, 5.74) is 5.52. The van der Waals surface area contributed by atoms with Gasteiger partial charge < -0.3 is 10.5 Å². The van der Waals surface area contributed by atoms with E-state index >= 15 is 0 Å². The Morgan fingerprint density at radius 2 is 2.15 bits per heavy atom. The van der Waals surface area contributed by atoms with Crippen LogP contribution < -0.4 is 5.73 Å². The van der Waals surface area contributed by atoms with Gasteiger partial charge >= 0.3 is 5.97 Å². The Balaban J connectivity index is 3.38. The molecule has 1 atom stereocenters. The van der Waals surface area contributed by atoms with Crippen molar-refractivity contribution in [1.82, 2.24) is 0 Å². The molecule has 0 bridgehead atoms. The summed E-state index contributed by atoms with van der Waals surface area (Å²) in [6.07, 6.45) is 2.70.